The molecular formula is C11H13N3O3. The fraction of sp³-hybridized carbons (Fsp3) is 0.182. The fourth-order valence-electron chi connectivity index (χ4n) is 1.28. The molecule has 0 bridgehead atoms. The number of nitrogens with zero attached hydrogens (tertiary/aromatic N) is 3. The molecule has 0 fully saturated rings. The number of hydrogen-bond donors (Lipinski definition) is 3. The van der Waals surface area contributed by atoms with E-state index >= 15 is 0 Å². The number of rotatable bonds is 4. The van der Waals surface area contributed by atoms with Crippen molar-refractivity contribution in [1.82, 2.24) is 0 Å². The zero-order valence-electron chi connectivity index (χ0n) is 9.28. The standard InChI is InChI=1S/C11H13N3O3/c1-8(12-15)10(13-16)7-11(14-17)9-5-3-2-4-6-9/h2-6,15-17H,7H2,1H3. The molecule has 0 atom stereocenters. The van der Waals surface area contributed by atoms with Gasteiger partial charge in [-0.15, -0.1) is 0 Å². The molecule has 6 heteroatoms. The highest BCUT2D eigenvalue weighted by atomic mass is 16.4. The minimum atomic E-state index is 0.0624. The Hall–Kier alpha value is -2.37. The zero-order chi connectivity index (χ0) is 12.7. The molecule has 0 aliphatic carbocycles. The molecule has 17 heavy (non-hydrogen) atoms. The van der Waals surface area contributed by atoms with Crippen molar-refractivity contribution in [2.24, 2.45) is 15.5 Å². The maximum atomic E-state index is 8.93. The topological polar surface area (TPSA) is 97.8 Å². The van der Waals surface area contributed by atoms with E-state index in [9.17, 15) is 0 Å². The fourth-order valence-corrected chi connectivity index (χ4v) is 1.28. The van der Waals surface area contributed by atoms with E-state index in [1.54, 1.807) is 24.3 Å². The lowest BCUT2D eigenvalue weighted by atomic mass is 10.0. The lowest BCUT2D eigenvalue weighted by Crippen LogP contribution is -2.17. The van der Waals surface area contributed by atoms with Gasteiger partial charge >= 0.3 is 0 Å². The maximum absolute atomic E-state index is 8.93. The van der Waals surface area contributed by atoms with Crippen LogP contribution >= 0.6 is 0 Å². The Morgan fingerprint density at radius 1 is 1.00 bits per heavy atom. The van der Waals surface area contributed by atoms with E-state index in [1.807, 2.05) is 6.07 Å². The minimum Gasteiger partial charge on any atom is -0.411 e. The quantitative estimate of drug-likeness (QED) is 0.422. The minimum absolute atomic E-state index is 0.0624. The number of hydrogen-bond acceptors (Lipinski definition) is 6. The maximum Gasteiger partial charge on any atom is 0.110 e. The third kappa shape index (κ3) is 3.30. The van der Waals surface area contributed by atoms with Gasteiger partial charge < -0.3 is 15.6 Å². The monoisotopic (exact) mass is 235 g/mol. The van der Waals surface area contributed by atoms with Crippen LogP contribution in [0.2, 0.25) is 0 Å². The third-order valence-corrected chi connectivity index (χ3v) is 2.25. The van der Waals surface area contributed by atoms with Gasteiger partial charge in [-0.05, 0) is 12.5 Å². The molecule has 0 amide bonds. The summed E-state index contributed by atoms with van der Waals surface area (Å²) in [5.74, 6) is 0. The van der Waals surface area contributed by atoms with Gasteiger partial charge in [0.05, 0.1) is 5.71 Å². The SMILES string of the molecule is CC(=NO)C(CC(=NO)c1ccccc1)=NO. The van der Waals surface area contributed by atoms with Crippen molar-refractivity contribution in [2.45, 2.75) is 13.3 Å². The van der Waals surface area contributed by atoms with Crippen LogP contribution in [0, 0.1) is 0 Å². The van der Waals surface area contributed by atoms with Crippen molar-refractivity contribution in [2.75, 3.05) is 0 Å². The molecule has 0 heterocycles. The van der Waals surface area contributed by atoms with Gasteiger partial charge in [0.25, 0.3) is 0 Å². The first-order valence-corrected chi connectivity index (χ1v) is 4.89. The molecule has 0 spiro atoms. The van der Waals surface area contributed by atoms with E-state index in [-0.39, 0.29) is 17.8 Å². The van der Waals surface area contributed by atoms with Gasteiger partial charge in [-0.25, -0.2) is 0 Å². The molecule has 0 aromatic heterocycles. The molecule has 0 aliphatic heterocycles. The Bertz CT molecular complexity index is 452. The zero-order valence-corrected chi connectivity index (χ0v) is 9.28. The van der Waals surface area contributed by atoms with Gasteiger partial charge in [-0.1, -0.05) is 45.8 Å². The van der Waals surface area contributed by atoms with E-state index < -0.39 is 0 Å². The highest BCUT2D eigenvalue weighted by molar-refractivity contribution is 6.45. The molecule has 6 nitrogen and oxygen atoms in total. The van der Waals surface area contributed by atoms with Crippen LogP contribution in [-0.2, 0) is 0 Å². The second-order valence-electron chi connectivity index (χ2n) is 3.32. The molecule has 0 radical (unpaired) electrons. The average molecular weight is 235 g/mol. The average Bonchev–Trinajstić information content (AvgIpc) is 2.40. The summed E-state index contributed by atoms with van der Waals surface area (Å²) in [5.41, 5.74) is 1.30. The van der Waals surface area contributed by atoms with E-state index in [0.29, 0.717) is 11.3 Å². The van der Waals surface area contributed by atoms with Gasteiger partial charge in [-0.3, -0.25) is 0 Å². The van der Waals surface area contributed by atoms with Crippen molar-refractivity contribution in [3.63, 3.8) is 0 Å². The Balaban J connectivity index is 2.93. The van der Waals surface area contributed by atoms with Gasteiger partial charge in [-0.2, -0.15) is 0 Å². The summed E-state index contributed by atoms with van der Waals surface area (Å²) in [6, 6.07) is 8.94. The van der Waals surface area contributed by atoms with Crippen molar-refractivity contribution in [3.05, 3.63) is 35.9 Å². The first-order chi connectivity index (χ1) is 8.22. The Labute approximate surface area is 98.2 Å². The molecule has 1 aromatic carbocycles. The first kappa shape index (κ1) is 12.7. The van der Waals surface area contributed by atoms with Crippen molar-refractivity contribution in [1.29, 1.82) is 0 Å². The first-order valence-electron chi connectivity index (χ1n) is 4.89. The molecule has 3 N–H and O–H groups in total. The summed E-state index contributed by atoms with van der Waals surface area (Å²) in [6.45, 7) is 1.48. The third-order valence-electron chi connectivity index (χ3n) is 2.25. The lowest BCUT2D eigenvalue weighted by Gasteiger charge is -2.05. The van der Waals surface area contributed by atoms with E-state index in [0.717, 1.165) is 0 Å². The van der Waals surface area contributed by atoms with Gasteiger partial charge in [0.15, 0.2) is 0 Å². The molecule has 0 unspecified atom stereocenters. The summed E-state index contributed by atoms with van der Waals surface area (Å²) in [7, 11) is 0. The predicted octanol–water partition coefficient (Wildman–Crippen LogP) is 1.94. The highest BCUT2D eigenvalue weighted by Crippen LogP contribution is 2.06. The summed E-state index contributed by atoms with van der Waals surface area (Å²) in [4.78, 5) is 0. The molecule has 90 valence electrons. The van der Waals surface area contributed by atoms with Crippen LogP contribution in [0.15, 0.2) is 45.8 Å². The van der Waals surface area contributed by atoms with Gasteiger partial charge in [0.1, 0.15) is 11.4 Å². The molecule has 1 aromatic rings. The Morgan fingerprint density at radius 2 is 1.65 bits per heavy atom. The van der Waals surface area contributed by atoms with Crippen LogP contribution in [0.5, 0.6) is 0 Å². The van der Waals surface area contributed by atoms with Crippen LogP contribution in [-0.4, -0.2) is 32.8 Å². The summed E-state index contributed by atoms with van der Waals surface area (Å²) < 4.78 is 0. The molecule has 0 aliphatic rings. The van der Waals surface area contributed by atoms with E-state index in [1.165, 1.54) is 6.92 Å². The van der Waals surface area contributed by atoms with Crippen LogP contribution in [0.4, 0.5) is 0 Å². The number of benzene rings is 1. The lowest BCUT2D eigenvalue weighted by molar-refractivity contribution is 0.312. The summed E-state index contributed by atoms with van der Waals surface area (Å²) >= 11 is 0. The van der Waals surface area contributed by atoms with Gasteiger partial charge in [0.2, 0.25) is 0 Å². The highest BCUT2D eigenvalue weighted by Gasteiger charge is 2.12. The van der Waals surface area contributed by atoms with Crippen LogP contribution in [0.25, 0.3) is 0 Å². The van der Waals surface area contributed by atoms with Crippen LogP contribution in [0.1, 0.15) is 18.9 Å². The summed E-state index contributed by atoms with van der Waals surface area (Å²) in [6.07, 6.45) is 0.0624. The van der Waals surface area contributed by atoms with E-state index in [2.05, 4.69) is 15.5 Å². The summed E-state index contributed by atoms with van der Waals surface area (Å²) in [5, 5.41) is 35.4. The molecular weight excluding hydrogens is 222 g/mol. The largest absolute Gasteiger partial charge is 0.411 e. The predicted molar refractivity (Wildman–Crippen MR) is 63.5 cm³/mol. The van der Waals surface area contributed by atoms with Crippen molar-refractivity contribution < 1.29 is 15.6 Å². The Kier molecular flexibility index (Phi) is 4.68. The van der Waals surface area contributed by atoms with Crippen LogP contribution in [0.3, 0.4) is 0 Å². The number of oxime groups is 3. The molecule has 1 rings (SSSR count). The molecule has 0 saturated carbocycles. The second-order valence-corrected chi connectivity index (χ2v) is 3.32. The smallest absolute Gasteiger partial charge is 0.110 e. The molecule has 0 saturated heterocycles. The van der Waals surface area contributed by atoms with E-state index in [4.69, 9.17) is 15.6 Å². The van der Waals surface area contributed by atoms with Crippen LogP contribution < -0.4 is 0 Å². The van der Waals surface area contributed by atoms with Gasteiger partial charge in [0, 0.05) is 6.42 Å². The second kappa shape index (κ2) is 6.26. The normalized spacial score (nSPS) is 13.8. The van der Waals surface area contributed by atoms with Crippen molar-refractivity contribution in [3.8, 4) is 0 Å². The Morgan fingerprint density at radius 3 is 2.12 bits per heavy atom. The van der Waals surface area contributed by atoms with Crippen molar-refractivity contribution >= 4 is 17.1 Å².